The van der Waals surface area contributed by atoms with Crippen molar-refractivity contribution in [2.24, 2.45) is 0 Å². The zero-order chi connectivity index (χ0) is 11.5. The van der Waals surface area contributed by atoms with Crippen molar-refractivity contribution in [3.05, 3.63) is 35.6 Å². The number of Topliss-reactive ketones (excluding diaryl/α,β-unsaturated/α-hetero) is 1. The summed E-state index contributed by atoms with van der Waals surface area (Å²) in [5, 5.41) is 0. The van der Waals surface area contributed by atoms with Gasteiger partial charge in [0, 0.05) is 17.6 Å². The lowest BCUT2D eigenvalue weighted by Crippen LogP contribution is -2.09. The molecule has 1 heterocycles. The molecule has 0 saturated heterocycles. The monoisotopic (exact) mass is 218 g/mol. The fraction of sp³-hybridized carbons (Fsp3) is 0.308. The molecule has 0 radical (unpaired) electrons. The number of allylic oxidation sites excluding steroid dienone is 1. The Labute approximate surface area is 94.7 Å². The number of carbonyl (C=O) groups is 1. The van der Waals surface area contributed by atoms with Gasteiger partial charge in [0.1, 0.15) is 0 Å². The minimum atomic E-state index is 0.0486. The van der Waals surface area contributed by atoms with Crippen molar-refractivity contribution in [2.75, 3.05) is 6.61 Å². The van der Waals surface area contributed by atoms with Crippen LogP contribution in [0.15, 0.2) is 30.0 Å². The number of para-hydroxylation sites is 1. The van der Waals surface area contributed by atoms with Crippen LogP contribution in [0, 0.1) is 0 Å². The Morgan fingerprint density at radius 1 is 1.50 bits per heavy atom. The van der Waals surface area contributed by atoms with Crippen LogP contribution in [0.4, 0.5) is 0 Å². The third-order valence-corrected chi connectivity index (χ3v) is 2.51. The van der Waals surface area contributed by atoms with E-state index in [-0.39, 0.29) is 5.78 Å². The van der Waals surface area contributed by atoms with Gasteiger partial charge in [-0.05, 0) is 19.9 Å². The Bertz CT molecular complexity index is 446. The molecule has 0 aliphatic carbocycles. The maximum absolute atomic E-state index is 11.2. The summed E-state index contributed by atoms with van der Waals surface area (Å²) < 4.78 is 10.9. The zero-order valence-corrected chi connectivity index (χ0v) is 9.45. The van der Waals surface area contributed by atoms with Crippen molar-refractivity contribution in [1.82, 2.24) is 0 Å². The lowest BCUT2D eigenvalue weighted by Gasteiger charge is -2.18. The topological polar surface area (TPSA) is 35.5 Å². The molecule has 1 aliphatic heterocycles. The van der Waals surface area contributed by atoms with E-state index in [2.05, 4.69) is 0 Å². The molecule has 0 N–H and O–H groups in total. The van der Waals surface area contributed by atoms with Gasteiger partial charge in [-0.1, -0.05) is 12.1 Å². The maximum atomic E-state index is 11.2. The van der Waals surface area contributed by atoms with Crippen LogP contribution in [0.5, 0.6) is 11.5 Å². The molecule has 0 amide bonds. The number of hydrogen-bond acceptors (Lipinski definition) is 3. The fourth-order valence-corrected chi connectivity index (χ4v) is 1.69. The van der Waals surface area contributed by atoms with Crippen LogP contribution in [0.1, 0.15) is 19.4 Å². The highest BCUT2D eigenvalue weighted by atomic mass is 16.5. The second-order valence-corrected chi connectivity index (χ2v) is 3.67. The number of rotatable bonds is 3. The largest absolute Gasteiger partial charge is 0.490 e. The molecule has 0 bridgehead atoms. The Morgan fingerprint density at radius 2 is 2.31 bits per heavy atom. The molecule has 0 unspecified atom stereocenters. The molecule has 84 valence electrons. The Balaban J connectivity index is 2.32. The minimum absolute atomic E-state index is 0.0486. The second kappa shape index (κ2) is 4.39. The molecular weight excluding hydrogens is 204 g/mol. The summed E-state index contributed by atoms with van der Waals surface area (Å²) >= 11 is 0. The molecule has 0 aromatic heterocycles. The number of ether oxygens (including phenoxy) is 2. The van der Waals surface area contributed by atoms with E-state index in [4.69, 9.17) is 9.47 Å². The number of hydrogen-bond donors (Lipinski definition) is 0. The summed E-state index contributed by atoms with van der Waals surface area (Å²) in [5.41, 5.74) is 1.69. The highest BCUT2D eigenvalue weighted by Crippen LogP contribution is 2.35. The van der Waals surface area contributed by atoms with E-state index in [0.29, 0.717) is 18.6 Å². The van der Waals surface area contributed by atoms with E-state index < -0.39 is 0 Å². The van der Waals surface area contributed by atoms with Crippen molar-refractivity contribution in [3.63, 3.8) is 0 Å². The Morgan fingerprint density at radius 3 is 3.00 bits per heavy atom. The van der Waals surface area contributed by atoms with Crippen LogP contribution in [-0.2, 0) is 11.2 Å². The Hall–Kier alpha value is -1.77. The average molecular weight is 218 g/mol. The fourth-order valence-electron chi connectivity index (χ4n) is 1.69. The van der Waals surface area contributed by atoms with E-state index >= 15 is 0 Å². The van der Waals surface area contributed by atoms with Gasteiger partial charge in [-0.3, -0.25) is 4.79 Å². The summed E-state index contributed by atoms with van der Waals surface area (Å²) in [6, 6.07) is 5.74. The number of carbonyl (C=O) groups excluding carboxylic acids is 1. The normalized spacial score (nSPS) is 13.5. The Kier molecular flexibility index (Phi) is 2.95. The summed E-state index contributed by atoms with van der Waals surface area (Å²) in [4.78, 5) is 11.2. The molecule has 16 heavy (non-hydrogen) atoms. The van der Waals surface area contributed by atoms with Crippen LogP contribution in [0.3, 0.4) is 0 Å². The highest BCUT2D eigenvalue weighted by molar-refractivity contribution is 5.94. The van der Waals surface area contributed by atoms with E-state index in [0.717, 1.165) is 17.1 Å². The standard InChI is InChI=1S/C13H14O3/c1-3-15-12-6-4-5-10-7-11(9(2)14)8-16-13(10)12/h4-6,8H,3,7H2,1-2H3. The predicted molar refractivity (Wildman–Crippen MR) is 60.7 cm³/mol. The molecule has 2 rings (SSSR count). The van der Waals surface area contributed by atoms with Gasteiger partial charge in [0.25, 0.3) is 0 Å². The number of ketones is 1. The van der Waals surface area contributed by atoms with Gasteiger partial charge in [0.05, 0.1) is 12.9 Å². The molecule has 1 aliphatic rings. The van der Waals surface area contributed by atoms with E-state index in [1.807, 2.05) is 25.1 Å². The second-order valence-electron chi connectivity index (χ2n) is 3.67. The molecule has 0 spiro atoms. The van der Waals surface area contributed by atoms with Crippen LogP contribution < -0.4 is 9.47 Å². The van der Waals surface area contributed by atoms with E-state index in [9.17, 15) is 4.79 Å². The maximum Gasteiger partial charge on any atom is 0.171 e. The van der Waals surface area contributed by atoms with Crippen LogP contribution in [-0.4, -0.2) is 12.4 Å². The third kappa shape index (κ3) is 1.94. The van der Waals surface area contributed by atoms with Gasteiger partial charge in [0.2, 0.25) is 0 Å². The third-order valence-electron chi connectivity index (χ3n) is 2.51. The van der Waals surface area contributed by atoms with Gasteiger partial charge in [0.15, 0.2) is 17.3 Å². The number of benzene rings is 1. The predicted octanol–water partition coefficient (Wildman–Crippen LogP) is 2.49. The molecule has 0 atom stereocenters. The minimum Gasteiger partial charge on any atom is -0.490 e. The molecule has 1 aromatic carbocycles. The van der Waals surface area contributed by atoms with Crippen molar-refractivity contribution in [1.29, 1.82) is 0 Å². The van der Waals surface area contributed by atoms with Crippen LogP contribution in [0.25, 0.3) is 0 Å². The van der Waals surface area contributed by atoms with Gasteiger partial charge in [-0.25, -0.2) is 0 Å². The van der Waals surface area contributed by atoms with Gasteiger partial charge >= 0.3 is 0 Å². The SMILES string of the molecule is CCOc1cccc2c1OC=C(C(C)=O)C2. The first kappa shape index (κ1) is 10.7. The van der Waals surface area contributed by atoms with Crippen molar-refractivity contribution >= 4 is 5.78 Å². The molecule has 1 aromatic rings. The molecule has 0 fully saturated rings. The van der Waals surface area contributed by atoms with Gasteiger partial charge in [-0.15, -0.1) is 0 Å². The van der Waals surface area contributed by atoms with Crippen molar-refractivity contribution in [3.8, 4) is 11.5 Å². The van der Waals surface area contributed by atoms with E-state index in [1.54, 1.807) is 6.92 Å². The quantitative estimate of drug-likeness (QED) is 0.781. The zero-order valence-electron chi connectivity index (χ0n) is 9.45. The van der Waals surface area contributed by atoms with Crippen LogP contribution in [0.2, 0.25) is 0 Å². The summed E-state index contributed by atoms with van der Waals surface area (Å²) in [5.74, 6) is 1.51. The molecule has 0 saturated carbocycles. The first-order valence-corrected chi connectivity index (χ1v) is 5.33. The summed E-state index contributed by atoms with van der Waals surface area (Å²) in [6.07, 6.45) is 2.14. The summed E-state index contributed by atoms with van der Waals surface area (Å²) in [6.45, 7) is 4.08. The smallest absolute Gasteiger partial charge is 0.171 e. The number of fused-ring (bicyclic) bond motifs is 1. The first-order chi connectivity index (χ1) is 7.72. The lowest BCUT2D eigenvalue weighted by molar-refractivity contribution is -0.113. The molecular formula is C13H14O3. The van der Waals surface area contributed by atoms with Gasteiger partial charge in [-0.2, -0.15) is 0 Å². The highest BCUT2D eigenvalue weighted by Gasteiger charge is 2.18. The molecule has 3 heteroatoms. The van der Waals surface area contributed by atoms with Gasteiger partial charge < -0.3 is 9.47 Å². The van der Waals surface area contributed by atoms with E-state index in [1.165, 1.54) is 6.26 Å². The molecule has 3 nitrogen and oxygen atoms in total. The van der Waals surface area contributed by atoms with Crippen molar-refractivity contribution < 1.29 is 14.3 Å². The first-order valence-electron chi connectivity index (χ1n) is 5.33. The van der Waals surface area contributed by atoms with Crippen LogP contribution >= 0.6 is 0 Å². The average Bonchev–Trinajstić information content (AvgIpc) is 2.29. The summed E-state index contributed by atoms with van der Waals surface area (Å²) in [7, 11) is 0. The van der Waals surface area contributed by atoms with Crippen molar-refractivity contribution in [2.45, 2.75) is 20.3 Å². The lowest BCUT2D eigenvalue weighted by atomic mass is 10.0.